The maximum absolute atomic E-state index is 12.4. The molecule has 0 unspecified atom stereocenters. The predicted molar refractivity (Wildman–Crippen MR) is 117 cm³/mol. The second-order valence-corrected chi connectivity index (χ2v) is 7.38. The largest absolute Gasteiger partial charge is 0.497 e. The van der Waals surface area contributed by atoms with Crippen LogP contribution in [0.3, 0.4) is 0 Å². The van der Waals surface area contributed by atoms with Gasteiger partial charge in [0.1, 0.15) is 16.7 Å². The number of aromatic nitrogens is 1. The third-order valence-electron chi connectivity index (χ3n) is 5.07. The molecule has 0 fully saturated rings. The van der Waals surface area contributed by atoms with Gasteiger partial charge in [0.25, 0.3) is 0 Å². The Morgan fingerprint density at radius 2 is 2.03 bits per heavy atom. The number of pyridine rings is 1. The average Bonchev–Trinajstić information content (AvgIpc) is 3.19. The Bertz CT molecular complexity index is 1150. The molecule has 1 aliphatic rings. The molecule has 6 nitrogen and oxygen atoms in total. The summed E-state index contributed by atoms with van der Waals surface area (Å²) in [6.45, 7) is 4.02. The van der Waals surface area contributed by atoms with Crippen molar-refractivity contribution in [1.82, 2.24) is 9.99 Å². The molecule has 4 rings (SSSR count). The molecule has 0 spiro atoms. The van der Waals surface area contributed by atoms with Crippen LogP contribution in [0.5, 0.6) is 11.5 Å². The monoisotopic (exact) mass is 423 g/mol. The second kappa shape index (κ2) is 8.32. The third kappa shape index (κ3) is 3.83. The Balaban J connectivity index is 1.74. The quantitative estimate of drug-likeness (QED) is 0.542. The number of ether oxygens (including phenoxy) is 2. The summed E-state index contributed by atoms with van der Waals surface area (Å²) < 4.78 is 10.9. The zero-order valence-corrected chi connectivity index (χ0v) is 17.8. The number of halogens is 1. The van der Waals surface area contributed by atoms with E-state index in [0.717, 1.165) is 39.2 Å². The van der Waals surface area contributed by atoms with Crippen LogP contribution in [0.15, 0.2) is 53.6 Å². The number of hydrogen-bond acceptors (Lipinski definition) is 5. The molecule has 30 heavy (non-hydrogen) atoms. The van der Waals surface area contributed by atoms with Gasteiger partial charge in [-0.1, -0.05) is 23.7 Å². The number of fused-ring (bicyclic) bond motifs is 1. The first-order valence-electron chi connectivity index (χ1n) is 9.75. The number of carbonyl (C=O) groups excluding carboxylic acids is 1. The number of carbonyl (C=O) groups is 1. The normalized spacial score (nSPS) is 15.9. The van der Waals surface area contributed by atoms with Crippen LogP contribution in [0.4, 0.5) is 0 Å². The summed E-state index contributed by atoms with van der Waals surface area (Å²) in [5.74, 6) is 1.35. The first-order chi connectivity index (χ1) is 14.5. The molecular formula is C23H22ClN3O3. The van der Waals surface area contributed by atoms with Gasteiger partial charge in [-0.15, -0.1) is 0 Å². The number of hydrazone groups is 1. The maximum Gasteiger partial charge on any atom is 0.240 e. The molecule has 2 heterocycles. The molecule has 0 saturated carbocycles. The zero-order valence-electron chi connectivity index (χ0n) is 17.1. The van der Waals surface area contributed by atoms with Gasteiger partial charge >= 0.3 is 0 Å². The number of hydrogen-bond donors (Lipinski definition) is 0. The van der Waals surface area contributed by atoms with Crippen molar-refractivity contribution in [1.29, 1.82) is 0 Å². The number of benzene rings is 2. The minimum Gasteiger partial charge on any atom is -0.497 e. The van der Waals surface area contributed by atoms with Crippen molar-refractivity contribution in [2.45, 2.75) is 26.3 Å². The lowest BCUT2D eigenvalue weighted by molar-refractivity contribution is -0.130. The summed E-state index contributed by atoms with van der Waals surface area (Å²) in [7, 11) is 1.62. The van der Waals surface area contributed by atoms with E-state index in [4.69, 9.17) is 21.1 Å². The zero-order chi connectivity index (χ0) is 21.3. The van der Waals surface area contributed by atoms with Gasteiger partial charge in [-0.3, -0.25) is 4.79 Å². The minimum atomic E-state index is -0.330. The van der Waals surface area contributed by atoms with Gasteiger partial charge in [0.15, 0.2) is 0 Å². The van der Waals surface area contributed by atoms with Crippen LogP contribution in [-0.2, 0) is 4.79 Å². The van der Waals surface area contributed by atoms with Crippen molar-refractivity contribution in [2.75, 3.05) is 13.7 Å². The van der Waals surface area contributed by atoms with Crippen molar-refractivity contribution in [3.05, 3.63) is 64.8 Å². The van der Waals surface area contributed by atoms with Crippen LogP contribution < -0.4 is 9.47 Å². The van der Waals surface area contributed by atoms with E-state index in [-0.39, 0.29) is 11.9 Å². The molecule has 1 atom stereocenters. The summed E-state index contributed by atoms with van der Waals surface area (Å²) in [5, 5.41) is 7.34. The van der Waals surface area contributed by atoms with E-state index in [1.807, 2.05) is 55.5 Å². The predicted octanol–water partition coefficient (Wildman–Crippen LogP) is 4.99. The SMILES string of the molecule is CCOc1ccc2nc(Cl)c([C@H]3CC(c4cccc(OC)c4)=NN3C(C)=O)cc2c1. The van der Waals surface area contributed by atoms with Crippen LogP contribution in [0.2, 0.25) is 5.15 Å². The highest BCUT2D eigenvalue weighted by Gasteiger charge is 2.33. The standard InChI is InChI=1S/C23H22ClN3O3/c1-4-30-18-8-9-20-16(11-18)12-19(23(24)25-20)22-13-21(26-27(22)14(2)28)15-6-5-7-17(10-15)29-3/h5-12,22H,4,13H2,1-3H3/t22-/m1/s1. The van der Waals surface area contributed by atoms with Gasteiger partial charge in [0.05, 0.1) is 31.0 Å². The molecule has 2 aromatic carbocycles. The van der Waals surface area contributed by atoms with E-state index in [9.17, 15) is 4.79 Å². The van der Waals surface area contributed by atoms with Crippen LogP contribution in [-0.4, -0.2) is 35.3 Å². The van der Waals surface area contributed by atoms with Gasteiger partial charge in [0, 0.05) is 29.9 Å². The molecular weight excluding hydrogens is 402 g/mol. The Morgan fingerprint density at radius 1 is 1.20 bits per heavy atom. The lowest BCUT2D eigenvalue weighted by Gasteiger charge is -2.21. The molecule has 1 aromatic heterocycles. The Kier molecular flexibility index (Phi) is 5.59. The Morgan fingerprint density at radius 3 is 2.77 bits per heavy atom. The highest BCUT2D eigenvalue weighted by Crippen LogP contribution is 2.38. The number of methoxy groups -OCH3 is 1. The van der Waals surface area contributed by atoms with Crippen molar-refractivity contribution < 1.29 is 14.3 Å². The molecule has 3 aromatic rings. The van der Waals surface area contributed by atoms with Crippen molar-refractivity contribution in [3.63, 3.8) is 0 Å². The minimum absolute atomic E-state index is 0.155. The molecule has 7 heteroatoms. The topological polar surface area (TPSA) is 64.0 Å². The van der Waals surface area contributed by atoms with Crippen molar-refractivity contribution >= 4 is 34.1 Å². The summed E-state index contributed by atoms with van der Waals surface area (Å²) in [6, 6.07) is 15.0. The maximum atomic E-state index is 12.4. The van der Waals surface area contributed by atoms with Gasteiger partial charge in [-0.25, -0.2) is 9.99 Å². The number of nitrogens with zero attached hydrogens (tertiary/aromatic N) is 3. The molecule has 0 N–H and O–H groups in total. The molecule has 0 radical (unpaired) electrons. The lowest BCUT2D eigenvalue weighted by Crippen LogP contribution is -2.24. The van der Waals surface area contributed by atoms with Crippen LogP contribution in [0.1, 0.15) is 37.4 Å². The van der Waals surface area contributed by atoms with Gasteiger partial charge < -0.3 is 9.47 Å². The molecule has 1 aliphatic heterocycles. The first kappa shape index (κ1) is 20.2. The fraction of sp³-hybridized carbons (Fsp3) is 0.261. The molecule has 0 bridgehead atoms. The first-order valence-corrected chi connectivity index (χ1v) is 10.1. The van der Waals surface area contributed by atoms with Crippen molar-refractivity contribution in [2.24, 2.45) is 5.10 Å². The number of rotatable bonds is 5. The molecule has 154 valence electrons. The van der Waals surface area contributed by atoms with E-state index in [1.165, 1.54) is 11.9 Å². The highest BCUT2D eigenvalue weighted by atomic mass is 35.5. The van der Waals surface area contributed by atoms with Gasteiger partial charge in [-0.05, 0) is 43.3 Å². The molecule has 0 aliphatic carbocycles. The Hall–Kier alpha value is -3.12. The van der Waals surface area contributed by atoms with E-state index < -0.39 is 0 Å². The van der Waals surface area contributed by atoms with E-state index in [2.05, 4.69) is 10.1 Å². The van der Waals surface area contributed by atoms with E-state index in [1.54, 1.807) is 7.11 Å². The summed E-state index contributed by atoms with van der Waals surface area (Å²) in [4.78, 5) is 16.9. The van der Waals surface area contributed by atoms with Crippen LogP contribution >= 0.6 is 11.6 Å². The second-order valence-electron chi connectivity index (χ2n) is 7.02. The van der Waals surface area contributed by atoms with Crippen molar-refractivity contribution in [3.8, 4) is 11.5 Å². The number of amides is 1. The van der Waals surface area contributed by atoms with E-state index >= 15 is 0 Å². The molecule has 0 saturated heterocycles. The summed E-state index contributed by atoms with van der Waals surface area (Å²) in [6.07, 6.45) is 0.533. The molecule has 1 amide bonds. The summed E-state index contributed by atoms with van der Waals surface area (Å²) in [5.41, 5.74) is 3.24. The average molecular weight is 424 g/mol. The fourth-order valence-electron chi connectivity index (χ4n) is 3.66. The van der Waals surface area contributed by atoms with Crippen LogP contribution in [0, 0.1) is 0 Å². The van der Waals surface area contributed by atoms with Gasteiger partial charge in [0.2, 0.25) is 5.91 Å². The van der Waals surface area contributed by atoms with Crippen LogP contribution in [0.25, 0.3) is 10.9 Å². The highest BCUT2D eigenvalue weighted by molar-refractivity contribution is 6.30. The van der Waals surface area contributed by atoms with Gasteiger partial charge in [-0.2, -0.15) is 5.10 Å². The summed E-state index contributed by atoms with van der Waals surface area (Å²) >= 11 is 6.54. The smallest absolute Gasteiger partial charge is 0.240 e. The van der Waals surface area contributed by atoms with E-state index in [0.29, 0.717) is 18.2 Å². The lowest BCUT2D eigenvalue weighted by atomic mass is 9.98. The third-order valence-corrected chi connectivity index (χ3v) is 5.38. The Labute approximate surface area is 180 Å². The fourth-order valence-corrected chi connectivity index (χ4v) is 3.93.